The summed E-state index contributed by atoms with van der Waals surface area (Å²) in [7, 11) is -3.13. The van der Waals surface area contributed by atoms with Gasteiger partial charge in [-0.15, -0.1) is 0 Å². The molecule has 66 valence electrons. The van der Waals surface area contributed by atoms with Crippen molar-refractivity contribution >= 4 is 15.6 Å². The SMILES string of the molecule is C=C1C=C(S(C)(=O)=O)CCC1=O. The third kappa shape index (κ3) is 1.82. The minimum Gasteiger partial charge on any atom is -0.294 e. The van der Waals surface area contributed by atoms with Crippen LogP contribution in [0, 0.1) is 0 Å². The first-order valence-corrected chi connectivity index (χ1v) is 5.43. The molecule has 0 saturated carbocycles. The molecule has 0 aromatic carbocycles. The molecule has 0 saturated heterocycles. The zero-order chi connectivity index (χ0) is 9.35. The van der Waals surface area contributed by atoms with Gasteiger partial charge in [-0.2, -0.15) is 0 Å². The van der Waals surface area contributed by atoms with Crippen LogP contribution in [0.15, 0.2) is 23.1 Å². The summed E-state index contributed by atoms with van der Waals surface area (Å²) in [6.07, 6.45) is 3.08. The van der Waals surface area contributed by atoms with Crippen molar-refractivity contribution in [1.82, 2.24) is 0 Å². The Morgan fingerprint density at radius 1 is 1.42 bits per heavy atom. The van der Waals surface area contributed by atoms with Gasteiger partial charge in [0, 0.05) is 23.2 Å². The number of allylic oxidation sites excluding steroid dienone is 3. The van der Waals surface area contributed by atoms with Crippen LogP contribution < -0.4 is 0 Å². The predicted molar refractivity (Wildman–Crippen MR) is 46.3 cm³/mol. The zero-order valence-electron chi connectivity index (χ0n) is 6.83. The molecule has 0 amide bonds. The number of sulfone groups is 1. The number of ketones is 1. The molecule has 12 heavy (non-hydrogen) atoms. The van der Waals surface area contributed by atoms with Gasteiger partial charge in [0.1, 0.15) is 0 Å². The van der Waals surface area contributed by atoms with Gasteiger partial charge < -0.3 is 0 Å². The first-order chi connectivity index (χ1) is 5.41. The highest BCUT2D eigenvalue weighted by Crippen LogP contribution is 2.21. The Balaban J connectivity index is 3.06. The molecule has 0 aromatic heterocycles. The number of carbonyl (C=O) groups is 1. The first kappa shape index (κ1) is 9.19. The molecule has 1 rings (SSSR count). The fourth-order valence-corrected chi connectivity index (χ4v) is 1.87. The molecule has 0 fully saturated rings. The Morgan fingerprint density at radius 3 is 2.42 bits per heavy atom. The number of rotatable bonds is 1. The molecule has 0 radical (unpaired) electrons. The van der Waals surface area contributed by atoms with Gasteiger partial charge in [0.25, 0.3) is 0 Å². The fraction of sp³-hybridized carbons (Fsp3) is 0.375. The maximum Gasteiger partial charge on any atom is 0.171 e. The van der Waals surface area contributed by atoms with Gasteiger partial charge >= 0.3 is 0 Å². The van der Waals surface area contributed by atoms with Crippen molar-refractivity contribution in [3.05, 3.63) is 23.1 Å². The smallest absolute Gasteiger partial charge is 0.171 e. The Hall–Kier alpha value is -0.900. The lowest BCUT2D eigenvalue weighted by Crippen LogP contribution is -2.11. The summed E-state index contributed by atoms with van der Waals surface area (Å²) in [5.74, 6) is -0.0672. The molecule has 0 heterocycles. The minimum absolute atomic E-state index is 0.0672. The topological polar surface area (TPSA) is 51.2 Å². The highest BCUT2D eigenvalue weighted by molar-refractivity contribution is 7.94. The molecular weight excluding hydrogens is 176 g/mol. The van der Waals surface area contributed by atoms with E-state index >= 15 is 0 Å². The predicted octanol–water partition coefficient (Wildman–Crippen LogP) is 0.834. The van der Waals surface area contributed by atoms with E-state index in [1.54, 1.807) is 0 Å². The average Bonchev–Trinajstić information content (AvgIpc) is 1.92. The second-order valence-corrected chi connectivity index (χ2v) is 4.90. The number of carbonyl (C=O) groups excluding carboxylic acids is 1. The van der Waals surface area contributed by atoms with Crippen molar-refractivity contribution < 1.29 is 13.2 Å². The lowest BCUT2D eigenvalue weighted by atomic mass is 10.0. The molecule has 1 aliphatic carbocycles. The highest BCUT2D eigenvalue weighted by Gasteiger charge is 2.19. The van der Waals surface area contributed by atoms with Gasteiger partial charge in [0.05, 0.1) is 0 Å². The molecule has 4 heteroatoms. The van der Waals surface area contributed by atoms with Gasteiger partial charge in [-0.25, -0.2) is 8.42 Å². The summed E-state index contributed by atoms with van der Waals surface area (Å²) in [4.78, 5) is 11.2. The van der Waals surface area contributed by atoms with E-state index in [1.807, 2.05) is 0 Å². The Morgan fingerprint density at radius 2 is 2.00 bits per heavy atom. The fourth-order valence-electron chi connectivity index (χ4n) is 1.04. The lowest BCUT2D eigenvalue weighted by Gasteiger charge is -2.11. The number of hydrogen-bond acceptors (Lipinski definition) is 3. The van der Waals surface area contributed by atoms with E-state index in [9.17, 15) is 13.2 Å². The Labute approximate surface area is 71.7 Å². The minimum atomic E-state index is -3.13. The quantitative estimate of drug-likeness (QED) is 0.570. The summed E-state index contributed by atoms with van der Waals surface area (Å²) in [5, 5.41) is 0. The van der Waals surface area contributed by atoms with Crippen LogP contribution in [0.25, 0.3) is 0 Å². The van der Waals surface area contributed by atoms with E-state index in [4.69, 9.17) is 0 Å². The molecule has 3 nitrogen and oxygen atoms in total. The van der Waals surface area contributed by atoms with Crippen molar-refractivity contribution in [2.75, 3.05) is 6.26 Å². The third-order valence-electron chi connectivity index (χ3n) is 1.77. The first-order valence-electron chi connectivity index (χ1n) is 3.54. The van der Waals surface area contributed by atoms with E-state index in [2.05, 4.69) is 6.58 Å². The van der Waals surface area contributed by atoms with Gasteiger partial charge in [-0.05, 0) is 12.5 Å². The van der Waals surface area contributed by atoms with Crippen LogP contribution in [-0.4, -0.2) is 20.5 Å². The van der Waals surface area contributed by atoms with Gasteiger partial charge in [-0.3, -0.25) is 4.79 Å². The van der Waals surface area contributed by atoms with Crippen LogP contribution in [0.2, 0.25) is 0 Å². The number of hydrogen-bond donors (Lipinski definition) is 0. The van der Waals surface area contributed by atoms with Crippen molar-refractivity contribution in [3.63, 3.8) is 0 Å². The lowest BCUT2D eigenvalue weighted by molar-refractivity contribution is -0.115. The Kier molecular flexibility index (Phi) is 2.19. The van der Waals surface area contributed by atoms with Crippen molar-refractivity contribution in [2.45, 2.75) is 12.8 Å². The van der Waals surface area contributed by atoms with Crippen molar-refractivity contribution in [3.8, 4) is 0 Å². The van der Waals surface area contributed by atoms with Crippen LogP contribution in [0.5, 0.6) is 0 Å². The van der Waals surface area contributed by atoms with Crippen LogP contribution >= 0.6 is 0 Å². The molecule has 0 aliphatic heterocycles. The highest BCUT2D eigenvalue weighted by atomic mass is 32.2. The van der Waals surface area contributed by atoms with E-state index in [1.165, 1.54) is 6.08 Å². The maximum atomic E-state index is 11.0. The largest absolute Gasteiger partial charge is 0.294 e. The molecular formula is C8H10O3S. The zero-order valence-corrected chi connectivity index (χ0v) is 7.65. The standard InChI is InChI=1S/C8H10O3S/c1-6-5-7(12(2,10)11)3-4-8(6)9/h5H,1,3-4H2,2H3. The van der Waals surface area contributed by atoms with E-state index in [0.717, 1.165) is 6.26 Å². The summed E-state index contributed by atoms with van der Waals surface area (Å²) < 4.78 is 22.0. The normalized spacial score (nSPS) is 19.2. The van der Waals surface area contributed by atoms with Gasteiger partial charge in [-0.1, -0.05) is 6.58 Å². The molecule has 0 spiro atoms. The number of Topliss-reactive ketones (excluding diaryl/α,β-unsaturated/α-hetero) is 1. The second-order valence-electron chi connectivity index (χ2n) is 2.83. The van der Waals surface area contributed by atoms with E-state index < -0.39 is 9.84 Å². The monoisotopic (exact) mass is 186 g/mol. The molecule has 0 bridgehead atoms. The molecule has 0 unspecified atom stereocenters. The summed E-state index contributed by atoms with van der Waals surface area (Å²) in [6.45, 7) is 3.47. The maximum absolute atomic E-state index is 11.0. The van der Waals surface area contributed by atoms with Crippen LogP contribution in [0.1, 0.15) is 12.8 Å². The van der Waals surface area contributed by atoms with Crippen LogP contribution in [0.4, 0.5) is 0 Å². The van der Waals surface area contributed by atoms with Crippen molar-refractivity contribution in [2.24, 2.45) is 0 Å². The molecule has 0 atom stereocenters. The summed E-state index contributed by atoms with van der Waals surface area (Å²) in [6, 6.07) is 0. The second kappa shape index (κ2) is 2.86. The van der Waals surface area contributed by atoms with Crippen molar-refractivity contribution in [1.29, 1.82) is 0 Å². The van der Waals surface area contributed by atoms with E-state index in [-0.39, 0.29) is 12.2 Å². The van der Waals surface area contributed by atoms with Crippen LogP contribution in [-0.2, 0) is 14.6 Å². The van der Waals surface area contributed by atoms with E-state index in [0.29, 0.717) is 16.9 Å². The molecule has 1 aliphatic rings. The average molecular weight is 186 g/mol. The third-order valence-corrected chi connectivity index (χ3v) is 3.04. The Bertz CT molecular complexity index is 360. The van der Waals surface area contributed by atoms with Gasteiger partial charge in [0.2, 0.25) is 0 Å². The van der Waals surface area contributed by atoms with Gasteiger partial charge in [0.15, 0.2) is 15.6 Å². The summed E-state index contributed by atoms with van der Waals surface area (Å²) >= 11 is 0. The molecule has 0 N–H and O–H groups in total. The summed E-state index contributed by atoms with van der Waals surface area (Å²) in [5.41, 5.74) is 0.293. The van der Waals surface area contributed by atoms with Crippen LogP contribution in [0.3, 0.4) is 0 Å². The molecule has 0 aromatic rings.